The molecule has 0 saturated heterocycles. The number of carbonyl (C=O) groups excluding carboxylic acids is 1. The van der Waals surface area contributed by atoms with E-state index in [1.807, 2.05) is 49.4 Å². The van der Waals surface area contributed by atoms with E-state index in [9.17, 15) is 14.3 Å². The van der Waals surface area contributed by atoms with Crippen LogP contribution in [0.1, 0.15) is 33.7 Å². The number of aliphatic hydroxyl groups excluding tert-OH is 1. The molecule has 4 nitrogen and oxygen atoms in total. The first kappa shape index (κ1) is 24.1. The number of aliphatic hydroxyl groups is 1. The van der Waals surface area contributed by atoms with E-state index in [1.165, 1.54) is 46.1 Å². The second-order valence-electron chi connectivity index (χ2n) is 8.75. The fourth-order valence-corrected chi connectivity index (χ4v) is 5.81. The highest BCUT2D eigenvalue weighted by molar-refractivity contribution is 7.99. The molecule has 0 heterocycles. The van der Waals surface area contributed by atoms with Crippen LogP contribution in [-0.2, 0) is 17.9 Å². The lowest BCUT2D eigenvalue weighted by molar-refractivity contribution is 0.142. The zero-order valence-corrected chi connectivity index (χ0v) is 20.6. The maximum absolute atomic E-state index is 13.6. The van der Waals surface area contributed by atoms with Crippen LogP contribution in [0, 0.1) is 12.7 Å². The zero-order valence-electron chi connectivity index (χ0n) is 19.8. The molecule has 0 spiro atoms. The van der Waals surface area contributed by atoms with Crippen LogP contribution in [0.15, 0.2) is 94.7 Å². The molecule has 36 heavy (non-hydrogen) atoms. The van der Waals surface area contributed by atoms with Gasteiger partial charge in [0.05, 0.1) is 6.61 Å². The molecule has 1 aliphatic rings. The van der Waals surface area contributed by atoms with E-state index in [0.29, 0.717) is 5.56 Å². The summed E-state index contributed by atoms with van der Waals surface area (Å²) in [4.78, 5) is 14.4. The third kappa shape index (κ3) is 4.87. The lowest BCUT2D eigenvalue weighted by Crippen LogP contribution is -2.26. The number of aryl methyl sites for hydroxylation is 1. The summed E-state index contributed by atoms with van der Waals surface area (Å²) in [7, 11) is 0. The highest BCUT2D eigenvalue weighted by Crippen LogP contribution is 2.44. The summed E-state index contributed by atoms with van der Waals surface area (Å²) in [5.41, 5.74) is 7.18. The molecule has 4 aromatic carbocycles. The minimum absolute atomic E-state index is 0.00335. The number of amides is 1. The van der Waals surface area contributed by atoms with Gasteiger partial charge in [0.2, 0.25) is 0 Å². The summed E-state index contributed by atoms with van der Waals surface area (Å²) in [6.45, 7) is 2.28. The van der Waals surface area contributed by atoms with Crippen molar-refractivity contribution in [1.29, 1.82) is 0 Å². The Balaban J connectivity index is 1.26. The Kier molecular flexibility index (Phi) is 7.07. The number of carbonyl (C=O) groups is 1. The Morgan fingerprint density at radius 2 is 1.64 bits per heavy atom. The SMILES string of the molecule is Cc1cccc(CNC(=O)OCC2c3ccccc3-c3ccccc32)c1Sc1ccc(F)cc1CO. The van der Waals surface area contributed by atoms with Crippen molar-refractivity contribution in [3.8, 4) is 11.1 Å². The van der Waals surface area contributed by atoms with Crippen LogP contribution in [0.5, 0.6) is 0 Å². The lowest BCUT2D eigenvalue weighted by atomic mass is 9.98. The molecule has 0 aliphatic heterocycles. The first-order valence-electron chi connectivity index (χ1n) is 11.8. The molecule has 0 atom stereocenters. The molecule has 5 rings (SSSR count). The van der Waals surface area contributed by atoms with Crippen LogP contribution in [0.4, 0.5) is 9.18 Å². The average molecular weight is 500 g/mol. The van der Waals surface area contributed by atoms with E-state index in [2.05, 4.69) is 29.6 Å². The number of fused-ring (bicyclic) bond motifs is 3. The smallest absolute Gasteiger partial charge is 0.407 e. The van der Waals surface area contributed by atoms with Crippen LogP contribution in [-0.4, -0.2) is 17.8 Å². The molecule has 0 radical (unpaired) electrons. The van der Waals surface area contributed by atoms with E-state index >= 15 is 0 Å². The number of nitrogens with one attached hydrogen (secondary N) is 1. The Labute approximate surface area is 214 Å². The zero-order chi connectivity index (χ0) is 25.1. The molecule has 0 bridgehead atoms. The topological polar surface area (TPSA) is 58.6 Å². The number of hydrogen-bond acceptors (Lipinski definition) is 4. The van der Waals surface area contributed by atoms with E-state index in [4.69, 9.17) is 4.74 Å². The van der Waals surface area contributed by atoms with Crippen molar-refractivity contribution in [2.24, 2.45) is 0 Å². The lowest BCUT2D eigenvalue weighted by Gasteiger charge is -2.16. The number of hydrogen-bond donors (Lipinski definition) is 2. The van der Waals surface area contributed by atoms with Gasteiger partial charge in [-0.25, -0.2) is 9.18 Å². The standard InChI is InChI=1S/C30H26FNO3S/c1-19-7-6-8-20(29(19)36-28-14-13-22(31)15-21(28)17-33)16-32-30(34)35-18-27-25-11-4-2-9-23(25)24-10-3-5-12-26(24)27/h2-15,27,33H,16-18H2,1H3,(H,32,34). The van der Waals surface area contributed by atoms with Gasteiger partial charge in [0, 0.05) is 22.3 Å². The quantitative estimate of drug-likeness (QED) is 0.293. The summed E-state index contributed by atoms with van der Waals surface area (Å²) in [5, 5.41) is 12.5. The van der Waals surface area contributed by atoms with Gasteiger partial charge in [-0.2, -0.15) is 0 Å². The Hall–Kier alpha value is -3.61. The number of benzene rings is 4. The van der Waals surface area contributed by atoms with Crippen LogP contribution >= 0.6 is 11.8 Å². The molecule has 1 amide bonds. The molecule has 4 aromatic rings. The molecule has 6 heteroatoms. The molecular weight excluding hydrogens is 473 g/mol. The first-order chi connectivity index (χ1) is 17.5. The number of halogens is 1. The molecule has 0 saturated carbocycles. The number of rotatable bonds is 7. The van der Waals surface area contributed by atoms with Crippen LogP contribution in [0.3, 0.4) is 0 Å². The molecule has 2 N–H and O–H groups in total. The summed E-state index contributed by atoms with van der Waals surface area (Å²) < 4.78 is 19.3. The largest absolute Gasteiger partial charge is 0.449 e. The minimum atomic E-state index is -0.479. The fraction of sp³-hybridized carbons (Fsp3) is 0.167. The molecule has 0 unspecified atom stereocenters. The summed E-state index contributed by atoms with van der Waals surface area (Å²) in [5.74, 6) is -0.381. The fourth-order valence-electron chi connectivity index (χ4n) is 4.70. The second kappa shape index (κ2) is 10.6. The monoisotopic (exact) mass is 499 g/mol. The van der Waals surface area contributed by atoms with Crippen molar-refractivity contribution >= 4 is 17.9 Å². The van der Waals surface area contributed by atoms with Crippen molar-refractivity contribution in [1.82, 2.24) is 5.32 Å². The van der Waals surface area contributed by atoms with Gasteiger partial charge in [-0.1, -0.05) is 78.5 Å². The summed E-state index contributed by atoms with van der Waals surface area (Å²) in [6.07, 6.45) is -0.479. The van der Waals surface area contributed by atoms with E-state index in [0.717, 1.165) is 20.9 Å². The van der Waals surface area contributed by atoms with Gasteiger partial charge in [0.15, 0.2) is 0 Å². The third-order valence-corrected chi connectivity index (χ3v) is 7.87. The molecule has 0 fully saturated rings. The van der Waals surface area contributed by atoms with Gasteiger partial charge in [0.1, 0.15) is 12.4 Å². The second-order valence-corrected chi connectivity index (χ2v) is 9.81. The van der Waals surface area contributed by atoms with E-state index < -0.39 is 6.09 Å². The number of alkyl carbamates (subject to hydrolysis) is 1. The average Bonchev–Trinajstić information content (AvgIpc) is 3.22. The van der Waals surface area contributed by atoms with Crippen molar-refractivity contribution in [2.45, 2.75) is 35.8 Å². The summed E-state index contributed by atoms with van der Waals surface area (Å²) in [6, 6.07) is 26.7. The Morgan fingerprint density at radius 1 is 0.944 bits per heavy atom. The summed E-state index contributed by atoms with van der Waals surface area (Å²) >= 11 is 1.45. The predicted molar refractivity (Wildman–Crippen MR) is 140 cm³/mol. The normalized spacial score (nSPS) is 12.2. The van der Waals surface area contributed by atoms with Crippen molar-refractivity contribution < 1.29 is 19.0 Å². The predicted octanol–water partition coefficient (Wildman–Crippen LogP) is 6.82. The van der Waals surface area contributed by atoms with Gasteiger partial charge in [-0.05, 0) is 64.1 Å². The molecule has 0 aromatic heterocycles. The van der Waals surface area contributed by atoms with Gasteiger partial charge in [0.25, 0.3) is 0 Å². The number of ether oxygens (including phenoxy) is 1. The molecule has 1 aliphatic carbocycles. The van der Waals surface area contributed by atoms with E-state index in [-0.39, 0.29) is 31.5 Å². The van der Waals surface area contributed by atoms with Gasteiger partial charge in [-0.15, -0.1) is 0 Å². The minimum Gasteiger partial charge on any atom is -0.449 e. The Bertz CT molecular complexity index is 1380. The van der Waals surface area contributed by atoms with Gasteiger partial charge < -0.3 is 15.2 Å². The molecule has 182 valence electrons. The maximum atomic E-state index is 13.6. The van der Waals surface area contributed by atoms with Crippen molar-refractivity contribution in [2.75, 3.05) is 6.61 Å². The van der Waals surface area contributed by atoms with E-state index in [1.54, 1.807) is 6.07 Å². The van der Waals surface area contributed by atoms with Crippen molar-refractivity contribution in [3.63, 3.8) is 0 Å². The van der Waals surface area contributed by atoms with Crippen LogP contribution < -0.4 is 5.32 Å². The first-order valence-corrected chi connectivity index (χ1v) is 12.6. The highest BCUT2D eigenvalue weighted by Gasteiger charge is 2.29. The highest BCUT2D eigenvalue weighted by atomic mass is 32.2. The maximum Gasteiger partial charge on any atom is 0.407 e. The van der Waals surface area contributed by atoms with Gasteiger partial charge in [-0.3, -0.25) is 0 Å². The Morgan fingerprint density at radius 3 is 2.33 bits per heavy atom. The molecular formula is C30H26FNO3S. The van der Waals surface area contributed by atoms with Gasteiger partial charge >= 0.3 is 6.09 Å². The van der Waals surface area contributed by atoms with Crippen LogP contribution in [0.25, 0.3) is 11.1 Å². The van der Waals surface area contributed by atoms with Crippen molar-refractivity contribution in [3.05, 3.63) is 119 Å². The van der Waals surface area contributed by atoms with Crippen LogP contribution in [0.2, 0.25) is 0 Å². The third-order valence-electron chi connectivity index (χ3n) is 6.47.